The smallest absolute Gasteiger partial charge is 0.286 e. The number of furan rings is 1. The van der Waals surface area contributed by atoms with E-state index >= 15 is 0 Å². The number of carbonyl (C=O) groups is 2. The lowest BCUT2D eigenvalue weighted by Crippen LogP contribution is -2.34. The first-order valence-electron chi connectivity index (χ1n) is 6.00. The van der Waals surface area contributed by atoms with Crippen LogP contribution in [-0.4, -0.2) is 36.3 Å². The topological polar surface area (TPSA) is 62.6 Å². The molecule has 0 bridgehead atoms. The van der Waals surface area contributed by atoms with E-state index in [-0.39, 0.29) is 30.5 Å². The van der Waals surface area contributed by atoms with Crippen molar-refractivity contribution in [2.75, 3.05) is 19.6 Å². The van der Waals surface area contributed by atoms with Gasteiger partial charge in [0.1, 0.15) is 0 Å². The molecule has 1 aromatic rings. The third-order valence-electron chi connectivity index (χ3n) is 2.42. The molecule has 0 aliphatic carbocycles. The number of amides is 2. The van der Waals surface area contributed by atoms with Gasteiger partial charge in [-0.15, -0.1) is 13.2 Å². The number of carbonyl (C=O) groups excluding carboxylic acids is 2. The molecular formula is C14H18N2O3. The zero-order valence-corrected chi connectivity index (χ0v) is 10.8. The highest BCUT2D eigenvalue weighted by atomic mass is 16.3. The van der Waals surface area contributed by atoms with E-state index in [9.17, 15) is 9.59 Å². The van der Waals surface area contributed by atoms with Crippen molar-refractivity contribution < 1.29 is 14.0 Å². The molecule has 102 valence electrons. The third kappa shape index (κ3) is 4.83. The van der Waals surface area contributed by atoms with Crippen molar-refractivity contribution in [3.05, 3.63) is 49.5 Å². The zero-order valence-electron chi connectivity index (χ0n) is 10.8. The van der Waals surface area contributed by atoms with Crippen molar-refractivity contribution in [2.45, 2.75) is 6.42 Å². The molecule has 1 rings (SSSR count). The minimum atomic E-state index is -0.322. The van der Waals surface area contributed by atoms with Crippen molar-refractivity contribution in [3.8, 4) is 0 Å². The Morgan fingerprint density at radius 1 is 1.32 bits per heavy atom. The minimum Gasteiger partial charge on any atom is -0.459 e. The first-order valence-corrected chi connectivity index (χ1v) is 6.00. The van der Waals surface area contributed by atoms with Gasteiger partial charge in [-0.25, -0.2) is 0 Å². The maximum absolute atomic E-state index is 11.8. The summed E-state index contributed by atoms with van der Waals surface area (Å²) in [5, 5.41) is 2.62. The van der Waals surface area contributed by atoms with Gasteiger partial charge in [-0.05, 0) is 12.1 Å². The Morgan fingerprint density at radius 3 is 2.53 bits per heavy atom. The molecule has 0 aliphatic rings. The summed E-state index contributed by atoms with van der Waals surface area (Å²) >= 11 is 0. The molecule has 0 unspecified atom stereocenters. The lowest BCUT2D eigenvalue weighted by molar-refractivity contribution is -0.130. The average molecular weight is 262 g/mol. The second-order valence-corrected chi connectivity index (χ2v) is 3.86. The largest absolute Gasteiger partial charge is 0.459 e. The number of rotatable bonds is 8. The van der Waals surface area contributed by atoms with Crippen LogP contribution in [0.5, 0.6) is 0 Å². The number of nitrogens with one attached hydrogen (secondary N) is 1. The van der Waals surface area contributed by atoms with E-state index in [0.717, 1.165) is 0 Å². The number of nitrogens with zero attached hydrogens (tertiary/aromatic N) is 1. The summed E-state index contributed by atoms with van der Waals surface area (Å²) in [4.78, 5) is 25.0. The second kappa shape index (κ2) is 7.92. The van der Waals surface area contributed by atoms with Gasteiger partial charge in [-0.2, -0.15) is 0 Å². The Hall–Kier alpha value is -2.30. The van der Waals surface area contributed by atoms with E-state index in [2.05, 4.69) is 18.5 Å². The van der Waals surface area contributed by atoms with Gasteiger partial charge in [0.2, 0.25) is 5.91 Å². The summed E-state index contributed by atoms with van der Waals surface area (Å²) < 4.78 is 4.94. The summed E-state index contributed by atoms with van der Waals surface area (Å²) in [6.07, 6.45) is 4.97. The normalized spacial score (nSPS) is 9.68. The number of hydrogen-bond donors (Lipinski definition) is 1. The van der Waals surface area contributed by atoms with Gasteiger partial charge in [0.15, 0.2) is 5.76 Å². The van der Waals surface area contributed by atoms with Crippen LogP contribution in [0.25, 0.3) is 0 Å². The van der Waals surface area contributed by atoms with Gasteiger partial charge in [-0.3, -0.25) is 9.59 Å². The van der Waals surface area contributed by atoms with Crippen molar-refractivity contribution in [1.82, 2.24) is 10.2 Å². The predicted molar refractivity (Wildman–Crippen MR) is 72.6 cm³/mol. The maximum Gasteiger partial charge on any atom is 0.286 e. The van der Waals surface area contributed by atoms with Crippen molar-refractivity contribution in [2.24, 2.45) is 0 Å². The Labute approximate surface area is 112 Å². The Kier molecular flexibility index (Phi) is 6.15. The first-order chi connectivity index (χ1) is 9.19. The summed E-state index contributed by atoms with van der Waals surface area (Å²) in [7, 11) is 0. The van der Waals surface area contributed by atoms with Gasteiger partial charge in [0, 0.05) is 26.1 Å². The van der Waals surface area contributed by atoms with Crippen LogP contribution in [-0.2, 0) is 4.79 Å². The molecule has 0 spiro atoms. The highest BCUT2D eigenvalue weighted by molar-refractivity contribution is 5.91. The minimum absolute atomic E-state index is 0.0560. The van der Waals surface area contributed by atoms with Crippen molar-refractivity contribution in [3.63, 3.8) is 0 Å². The summed E-state index contributed by atoms with van der Waals surface area (Å²) in [5.41, 5.74) is 0. The van der Waals surface area contributed by atoms with Gasteiger partial charge < -0.3 is 14.6 Å². The van der Waals surface area contributed by atoms with Gasteiger partial charge >= 0.3 is 0 Å². The molecule has 5 heteroatoms. The quantitative estimate of drug-likeness (QED) is 0.724. The molecule has 0 saturated carbocycles. The summed E-state index contributed by atoms with van der Waals surface area (Å²) in [6, 6.07) is 3.20. The molecule has 1 aromatic heterocycles. The van der Waals surface area contributed by atoms with E-state index in [0.29, 0.717) is 13.1 Å². The van der Waals surface area contributed by atoms with E-state index < -0.39 is 0 Å². The molecule has 2 amide bonds. The van der Waals surface area contributed by atoms with E-state index in [1.165, 1.54) is 6.26 Å². The zero-order chi connectivity index (χ0) is 14.1. The van der Waals surface area contributed by atoms with Crippen LogP contribution in [0.3, 0.4) is 0 Å². The molecule has 0 saturated heterocycles. The van der Waals surface area contributed by atoms with Crippen LogP contribution in [0, 0.1) is 0 Å². The maximum atomic E-state index is 11.8. The van der Waals surface area contributed by atoms with Gasteiger partial charge in [-0.1, -0.05) is 12.2 Å². The number of hydrogen-bond acceptors (Lipinski definition) is 3. The van der Waals surface area contributed by atoms with E-state index in [4.69, 9.17) is 4.42 Å². The molecule has 0 aromatic carbocycles. The fraction of sp³-hybridized carbons (Fsp3) is 0.286. The Balaban J connectivity index is 2.34. The molecule has 1 N–H and O–H groups in total. The molecule has 0 atom stereocenters. The van der Waals surface area contributed by atoms with Gasteiger partial charge in [0.25, 0.3) is 5.91 Å². The molecule has 1 heterocycles. The van der Waals surface area contributed by atoms with Crippen LogP contribution < -0.4 is 5.32 Å². The fourth-order valence-corrected chi connectivity index (χ4v) is 1.53. The fourth-order valence-electron chi connectivity index (χ4n) is 1.53. The molecule has 5 nitrogen and oxygen atoms in total. The van der Waals surface area contributed by atoms with Crippen LogP contribution >= 0.6 is 0 Å². The molecule has 19 heavy (non-hydrogen) atoms. The summed E-state index contributed by atoms with van der Waals surface area (Å²) in [5.74, 6) is -0.141. The molecule has 0 aliphatic heterocycles. The Bertz CT molecular complexity index is 428. The standard InChI is InChI=1S/C14H18N2O3/c1-3-9-16(10-4-2)13(17)7-8-15-14(18)12-6-5-11-19-12/h3-6,11H,1-2,7-10H2,(H,15,18). The van der Waals surface area contributed by atoms with Gasteiger partial charge in [0.05, 0.1) is 6.26 Å². The van der Waals surface area contributed by atoms with Crippen LogP contribution in [0.4, 0.5) is 0 Å². The second-order valence-electron chi connectivity index (χ2n) is 3.86. The average Bonchev–Trinajstić information content (AvgIpc) is 2.92. The SMILES string of the molecule is C=CCN(CC=C)C(=O)CCNC(=O)c1ccco1. The monoisotopic (exact) mass is 262 g/mol. The van der Waals surface area contributed by atoms with E-state index in [1.54, 1.807) is 29.2 Å². The third-order valence-corrected chi connectivity index (χ3v) is 2.42. The van der Waals surface area contributed by atoms with Crippen LogP contribution in [0.15, 0.2) is 48.1 Å². The predicted octanol–water partition coefficient (Wildman–Crippen LogP) is 1.60. The highest BCUT2D eigenvalue weighted by Gasteiger charge is 2.12. The highest BCUT2D eigenvalue weighted by Crippen LogP contribution is 2.00. The van der Waals surface area contributed by atoms with Crippen LogP contribution in [0.1, 0.15) is 17.0 Å². The van der Waals surface area contributed by atoms with Crippen LogP contribution in [0.2, 0.25) is 0 Å². The first kappa shape index (κ1) is 14.8. The lowest BCUT2D eigenvalue weighted by Gasteiger charge is -2.19. The molecule has 0 fully saturated rings. The van der Waals surface area contributed by atoms with E-state index in [1.807, 2.05) is 0 Å². The lowest BCUT2D eigenvalue weighted by atomic mass is 10.3. The summed E-state index contributed by atoms with van der Waals surface area (Å²) in [6.45, 7) is 8.40. The Morgan fingerprint density at radius 2 is 2.00 bits per heavy atom. The molecular weight excluding hydrogens is 244 g/mol. The van der Waals surface area contributed by atoms with Crippen molar-refractivity contribution >= 4 is 11.8 Å². The molecule has 0 radical (unpaired) electrons. The van der Waals surface area contributed by atoms with Crippen molar-refractivity contribution in [1.29, 1.82) is 0 Å².